The molecule has 0 saturated carbocycles. The molecular weight excluding hydrogens is 336 g/mol. The van der Waals surface area contributed by atoms with Gasteiger partial charge in [-0.3, -0.25) is 4.79 Å². The summed E-state index contributed by atoms with van der Waals surface area (Å²) in [6.45, 7) is 2.15. The number of rotatable bonds is 5. The Morgan fingerprint density at radius 1 is 0.952 bits per heavy atom. The van der Waals surface area contributed by atoms with Crippen LogP contribution in [0, 0.1) is 0 Å². The summed E-state index contributed by atoms with van der Waals surface area (Å²) in [6, 6.07) is 12.6. The Hall–Kier alpha value is -0.880. The largest absolute Gasteiger partial charge is 0.297 e. The van der Waals surface area contributed by atoms with E-state index < -0.39 is 0 Å². The quantitative estimate of drug-likeness (QED) is 0.416. The van der Waals surface area contributed by atoms with Crippen molar-refractivity contribution < 1.29 is 4.79 Å². The highest BCUT2D eigenvalue weighted by Crippen LogP contribution is 2.41. The molecule has 0 bridgehead atoms. The van der Waals surface area contributed by atoms with E-state index in [1.54, 1.807) is 22.7 Å². The van der Waals surface area contributed by atoms with E-state index in [1.165, 1.54) is 19.5 Å². The number of carbonyl (C=O) groups excluding carboxylic acids is 1. The Bertz CT molecular complexity index is 750. The van der Waals surface area contributed by atoms with Crippen LogP contribution in [0.4, 0.5) is 0 Å². The smallest absolute Gasteiger partial charge is 0.160 e. The van der Waals surface area contributed by atoms with Crippen molar-refractivity contribution in [1.29, 1.82) is 0 Å². The predicted octanol–water partition coefficient (Wildman–Crippen LogP) is 6.40. The highest BCUT2D eigenvalue weighted by molar-refractivity contribution is 7.80. The third-order valence-electron chi connectivity index (χ3n) is 3.18. The van der Waals surface area contributed by atoms with Crippen molar-refractivity contribution in [3.8, 4) is 19.5 Å². The minimum absolute atomic E-state index is 0.329. The van der Waals surface area contributed by atoms with Crippen molar-refractivity contribution in [2.75, 3.05) is 0 Å². The number of thiophene rings is 3. The maximum Gasteiger partial charge on any atom is 0.160 e. The Morgan fingerprint density at radius 2 is 1.52 bits per heavy atom. The standard InChI is InChI=1S/C16H14OS4/c1-2-11(18)12-5-6-15(20-12)16-8-7-14(21-16)13-4-3-10(9-17)19-13/h3-9,11,18H,2H2,1H3. The Morgan fingerprint density at radius 3 is 2.14 bits per heavy atom. The highest BCUT2D eigenvalue weighted by Gasteiger charge is 2.11. The first-order valence-corrected chi connectivity index (χ1v) is 9.61. The van der Waals surface area contributed by atoms with Gasteiger partial charge < -0.3 is 0 Å². The normalized spacial score (nSPS) is 12.5. The van der Waals surface area contributed by atoms with Crippen LogP contribution in [-0.4, -0.2) is 6.29 Å². The molecule has 3 heterocycles. The summed E-state index contributed by atoms with van der Waals surface area (Å²) in [5, 5.41) is 0.329. The molecule has 0 aliphatic carbocycles. The fraction of sp³-hybridized carbons (Fsp3) is 0.188. The van der Waals surface area contributed by atoms with Crippen molar-refractivity contribution >= 4 is 52.9 Å². The molecule has 1 atom stereocenters. The molecule has 0 aliphatic heterocycles. The first-order chi connectivity index (χ1) is 10.2. The van der Waals surface area contributed by atoms with Crippen LogP contribution in [-0.2, 0) is 0 Å². The average Bonchev–Trinajstić information content (AvgIpc) is 3.22. The maximum absolute atomic E-state index is 10.8. The first-order valence-electron chi connectivity index (χ1n) is 6.64. The van der Waals surface area contributed by atoms with Gasteiger partial charge in [-0.15, -0.1) is 34.0 Å². The van der Waals surface area contributed by atoms with Gasteiger partial charge in [0.25, 0.3) is 0 Å². The first kappa shape index (κ1) is 15.0. The maximum atomic E-state index is 10.8. The Kier molecular flexibility index (Phi) is 4.64. The van der Waals surface area contributed by atoms with Crippen LogP contribution < -0.4 is 0 Å². The highest BCUT2D eigenvalue weighted by atomic mass is 32.1. The molecule has 0 saturated heterocycles. The second kappa shape index (κ2) is 6.48. The van der Waals surface area contributed by atoms with Crippen LogP contribution in [0.1, 0.15) is 33.1 Å². The molecule has 3 aromatic heterocycles. The van der Waals surface area contributed by atoms with Gasteiger partial charge in [0.05, 0.1) is 4.88 Å². The van der Waals surface area contributed by atoms with E-state index in [4.69, 9.17) is 0 Å². The SMILES string of the molecule is CCC(S)c1ccc(-c2ccc(-c3ccc(C=O)s3)s2)s1. The second-order valence-corrected chi connectivity index (χ2v) is 8.55. The van der Waals surface area contributed by atoms with Crippen LogP contribution in [0.15, 0.2) is 36.4 Å². The third kappa shape index (κ3) is 3.16. The number of carbonyl (C=O) groups is 1. The molecule has 0 N–H and O–H groups in total. The monoisotopic (exact) mass is 350 g/mol. The minimum Gasteiger partial charge on any atom is -0.297 e. The van der Waals surface area contributed by atoms with E-state index >= 15 is 0 Å². The van der Waals surface area contributed by atoms with Crippen molar-refractivity contribution in [2.24, 2.45) is 0 Å². The van der Waals surface area contributed by atoms with E-state index in [0.717, 1.165) is 22.5 Å². The number of aldehydes is 1. The van der Waals surface area contributed by atoms with Gasteiger partial charge in [0.15, 0.2) is 6.29 Å². The van der Waals surface area contributed by atoms with E-state index in [0.29, 0.717) is 5.25 Å². The lowest BCUT2D eigenvalue weighted by Crippen LogP contribution is -1.80. The lowest BCUT2D eigenvalue weighted by molar-refractivity contribution is 0.112. The van der Waals surface area contributed by atoms with E-state index in [9.17, 15) is 4.79 Å². The molecule has 0 aliphatic rings. The summed E-state index contributed by atoms with van der Waals surface area (Å²) in [5.41, 5.74) is 0. The molecule has 0 fully saturated rings. The molecular formula is C16H14OS4. The lowest BCUT2D eigenvalue weighted by atomic mass is 10.3. The van der Waals surface area contributed by atoms with Gasteiger partial charge in [-0.25, -0.2) is 0 Å². The van der Waals surface area contributed by atoms with Crippen molar-refractivity contribution in [2.45, 2.75) is 18.6 Å². The Labute approximate surface area is 141 Å². The minimum atomic E-state index is 0.329. The van der Waals surface area contributed by atoms with Gasteiger partial charge in [-0.1, -0.05) is 6.92 Å². The predicted molar refractivity (Wildman–Crippen MR) is 98.4 cm³/mol. The van der Waals surface area contributed by atoms with Crippen molar-refractivity contribution in [3.05, 3.63) is 46.2 Å². The molecule has 0 amide bonds. The molecule has 5 heteroatoms. The van der Waals surface area contributed by atoms with Crippen LogP contribution in [0.25, 0.3) is 19.5 Å². The number of hydrogen-bond acceptors (Lipinski definition) is 5. The van der Waals surface area contributed by atoms with Crippen LogP contribution >= 0.6 is 46.6 Å². The van der Waals surface area contributed by atoms with Gasteiger partial charge >= 0.3 is 0 Å². The zero-order chi connectivity index (χ0) is 14.8. The van der Waals surface area contributed by atoms with Crippen molar-refractivity contribution in [3.63, 3.8) is 0 Å². The van der Waals surface area contributed by atoms with Gasteiger partial charge in [0.1, 0.15) is 0 Å². The molecule has 3 rings (SSSR count). The summed E-state index contributed by atoms with van der Waals surface area (Å²) in [6.07, 6.45) is 1.95. The molecule has 0 spiro atoms. The van der Waals surface area contributed by atoms with Crippen molar-refractivity contribution in [1.82, 2.24) is 0 Å². The molecule has 21 heavy (non-hydrogen) atoms. The zero-order valence-corrected chi connectivity index (χ0v) is 14.8. The number of thiol groups is 1. The molecule has 0 radical (unpaired) electrons. The molecule has 3 aromatic rings. The van der Waals surface area contributed by atoms with Crippen LogP contribution in [0.2, 0.25) is 0 Å². The van der Waals surface area contributed by atoms with Gasteiger partial charge in [-0.2, -0.15) is 12.6 Å². The van der Waals surface area contributed by atoms with E-state index in [-0.39, 0.29) is 0 Å². The summed E-state index contributed by atoms with van der Waals surface area (Å²) in [5.74, 6) is 0. The fourth-order valence-corrected chi connectivity index (χ4v) is 5.35. The van der Waals surface area contributed by atoms with E-state index in [2.05, 4.69) is 43.8 Å². The summed E-state index contributed by atoms with van der Waals surface area (Å²) < 4.78 is 0. The van der Waals surface area contributed by atoms with Crippen LogP contribution in [0.5, 0.6) is 0 Å². The third-order valence-corrected chi connectivity index (χ3v) is 7.68. The lowest BCUT2D eigenvalue weighted by Gasteiger charge is -2.02. The van der Waals surface area contributed by atoms with E-state index in [1.807, 2.05) is 23.5 Å². The number of hydrogen-bond donors (Lipinski definition) is 1. The van der Waals surface area contributed by atoms with Gasteiger partial charge in [0, 0.05) is 29.6 Å². The second-order valence-electron chi connectivity index (χ2n) is 4.61. The fourth-order valence-electron chi connectivity index (χ4n) is 2.02. The summed E-state index contributed by atoms with van der Waals surface area (Å²) in [7, 11) is 0. The van der Waals surface area contributed by atoms with Gasteiger partial charge in [-0.05, 0) is 42.8 Å². The Balaban J connectivity index is 1.87. The van der Waals surface area contributed by atoms with Crippen LogP contribution in [0.3, 0.4) is 0 Å². The topological polar surface area (TPSA) is 17.1 Å². The average molecular weight is 351 g/mol. The summed E-state index contributed by atoms with van der Waals surface area (Å²) in [4.78, 5) is 17.8. The summed E-state index contributed by atoms with van der Waals surface area (Å²) >= 11 is 9.74. The zero-order valence-electron chi connectivity index (χ0n) is 11.4. The molecule has 1 unspecified atom stereocenters. The van der Waals surface area contributed by atoms with Gasteiger partial charge in [0.2, 0.25) is 0 Å². The molecule has 1 nitrogen and oxygen atoms in total. The molecule has 0 aromatic carbocycles. The molecule has 108 valence electrons.